The SMILES string of the molecule is Nc1nc(SC2CCCCC2)nc2c1ncn2[C@H]1C(O)[C@@H](O)[C@]2(CO)C[C@H]12. The molecule has 3 aliphatic carbocycles. The smallest absolute Gasteiger partial charge is 0.191 e. The number of hydrogen-bond donors (Lipinski definition) is 4. The van der Waals surface area contributed by atoms with Crippen molar-refractivity contribution in [3.63, 3.8) is 0 Å². The highest BCUT2D eigenvalue weighted by Crippen LogP contribution is 2.67. The molecule has 5 atom stereocenters. The summed E-state index contributed by atoms with van der Waals surface area (Å²) in [5, 5.41) is 31.9. The number of thioether (sulfide) groups is 1. The van der Waals surface area contributed by atoms with Gasteiger partial charge in [0, 0.05) is 10.7 Å². The molecule has 27 heavy (non-hydrogen) atoms. The molecule has 0 aromatic carbocycles. The van der Waals surface area contributed by atoms with Crippen molar-refractivity contribution in [3.8, 4) is 0 Å². The second-order valence-electron chi connectivity index (χ2n) is 8.22. The fourth-order valence-corrected chi connectivity index (χ4v) is 6.23. The van der Waals surface area contributed by atoms with Gasteiger partial charge in [-0.1, -0.05) is 31.0 Å². The van der Waals surface area contributed by atoms with Gasteiger partial charge in [-0.05, 0) is 25.2 Å². The van der Waals surface area contributed by atoms with Crippen LogP contribution in [-0.2, 0) is 0 Å². The summed E-state index contributed by atoms with van der Waals surface area (Å²) in [5.41, 5.74) is 6.66. The van der Waals surface area contributed by atoms with Crippen LogP contribution >= 0.6 is 11.8 Å². The van der Waals surface area contributed by atoms with E-state index in [1.54, 1.807) is 18.1 Å². The van der Waals surface area contributed by atoms with Gasteiger partial charge >= 0.3 is 0 Å². The number of nitrogens with two attached hydrogens (primary N) is 1. The standard InChI is InChI=1S/C18H25N5O3S/c19-15-11-16(22-17(21-15)27-9-4-2-1-3-5-9)23(8-20-11)12-10-6-18(10,7-24)14(26)13(12)25/h8-10,12-14,24-26H,1-7H2,(H2,19,21,22)/t10-,12-,13?,14-,18+/m1/s1. The van der Waals surface area contributed by atoms with Crippen LogP contribution in [0.25, 0.3) is 11.2 Å². The fraction of sp³-hybridized carbons (Fsp3) is 0.722. The predicted molar refractivity (Wildman–Crippen MR) is 101 cm³/mol. The van der Waals surface area contributed by atoms with Crippen molar-refractivity contribution in [2.45, 2.75) is 67.2 Å². The number of aliphatic hydroxyl groups is 3. The quantitative estimate of drug-likeness (QED) is 0.570. The fourth-order valence-electron chi connectivity index (χ4n) is 5.07. The zero-order valence-electron chi connectivity index (χ0n) is 15.0. The summed E-state index contributed by atoms with van der Waals surface area (Å²) in [6.07, 6.45) is 6.52. The number of aromatic nitrogens is 4. The van der Waals surface area contributed by atoms with Crippen LogP contribution < -0.4 is 5.73 Å². The molecule has 5 N–H and O–H groups in total. The maximum Gasteiger partial charge on any atom is 0.191 e. The largest absolute Gasteiger partial charge is 0.396 e. The third-order valence-electron chi connectivity index (χ3n) is 6.72. The van der Waals surface area contributed by atoms with Crippen LogP contribution in [0.4, 0.5) is 5.82 Å². The first-order valence-electron chi connectivity index (χ1n) is 9.69. The minimum absolute atomic E-state index is 0.00976. The summed E-state index contributed by atoms with van der Waals surface area (Å²) in [5.74, 6) is 0.352. The summed E-state index contributed by atoms with van der Waals surface area (Å²) in [7, 11) is 0. The van der Waals surface area contributed by atoms with Crippen LogP contribution in [0.2, 0.25) is 0 Å². The van der Waals surface area contributed by atoms with Gasteiger partial charge < -0.3 is 25.6 Å². The number of imidazole rings is 1. The average molecular weight is 391 g/mol. The van der Waals surface area contributed by atoms with Crippen molar-refractivity contribution in [2.75, 3.05) is 12.3 Å². The summed E-state index contributed by atoms with van der Waals surface area (Å²) >= 11 is 1.67. The minimum atomic E-state index is -0.959. The van der Waals surface area contributed by atoms with E-state index < -0.39 is 17.6 Å². The van der Waals surface area contributed by atoms with Crippen LogP contribution in [0.3, 0.4) is 0 Å². The van der Waals surface area contributed by atoms with Gasteiger partial charge in [0.1, 0.15) is 11.6 Å². The van der Waals surface area contributed by atoms with Gasteiger partial charge in [-0.25, -0.2) is 15.0 Å². The van der Waals surface area contributed by atoms with E-state index in [1.807, 2.05) is 4.57 Å². The molecule has 0 saturated heterocycles. The summed E-state index contributed by atoms with van der Waals surface area (Å²) < 4.78 is 1.82. The minimum Gasteiger partial charge on any atom is -0.396 e. The van der Waals surface area contributed by atoms with Gasteiger partial charge in [0.05, 0.1) is 25.1 Å². The van der Waals surface area contributed by atoms with E-state index in [4.69, 9.17) is 10.7 Å². The molecule has 0 bridgehead atoms. The normalized spacial score (nSPS) is 36.3. The van der Waals surface area contributed by atoms with E-state index in [0.29, 0.717) is 33.8 Å². The van der Waals surface area contributed by atoms with Crippen molar-refractivity contribution in [3.05, 3.63) is 6.33 Å². The molecular formula is C18H25N5O3S. The molecular weight excluding hydrogens is 366 g/mol. The molecule has 0 radical (unpaired) electrons. The second kappa shape index (κ2) is 6.30. The van der Waals surface area contributed by atoms with Crippen LogP contribution in [-0.4, -0.2) is 58.9 Å². The Hall–Kier alpha value is -1.42. The Morgan fingerprint density at radius 1 is 1.22 bits per heavy atom. The molecule has 146 valence electrons. The van der Waals surface area contributed by atoms with Crippen molar-refractivity contribution in [1.82, 2.24) is 19.5 Å². The number of anilines is 1. The Morgan fingerprint density at radius 3 is 2.70 bits per heavy atom. The van der Waals surface area contributed by atoms with Crippen LogP contribution in [0.5, 0.6) is 0 Å². The molecule has 2 aromatic heterocycles. The maximum atomic E-state index is 10.6. The van der Waals surface area contributed by atoms with Gasteiger partial charge in [-0.2, -0.15) is 0 Å². The molecule has 0 spiro atoms. The van der Waals surface area contributed by atoms with Gasteiger partial charge in [0.25, 0.3) is 0 Å². The Bertz CT molecular complexity index is 870. The zero-order valence-corrected chi connectivity index (χ0v) is 15.8. The van der Waals surface area contributed by atoms with Crippen LogP contribution in [0, 0.1) is 11.3 Å². The number of hydrogen-bond acceptors (Lipinski definition) is 8. The summed E-state index contributed by atoms with van der Waals surface area (Å²) in [6.45, 7) is -0.126. The molecule has 5 rings (SSSR count). The highest BCUT2D eigenvalue weighted by Gasteiger charge is 2.71. The zero-order chi connectivity index (χ0) is 18.8. The molecule has 1 unspecified atom stereocenters. The predicted octanol–water partition coefficient (Wildman–Crippen LogP) is 1.11. The Morgan fingerprint density at radius 2 is 2.00 bits per heavy atom. The number of nitrogen functional groups attached to an aromatic ring is 1. The molecule has 0 aliphatic heterocycles. The molecule has 9 heteroatoms. The lowest BCUT2D eigenvalue weighted by molar-refractivity contribution is -0.0300. The van der Waals surface area contributed by atoms with E-state index in [1.165, 1.54) is 32.1 Å². The van der Waals surface area contributed by atoms with E-state index in [-0.39, 0.29) is 18.6 Å². The van der Waals surface area contributed by atoms with Gasteiger partial charge in [-0.3, -0.25) is 0 Å². The van der Waals surface area contributed by atoms with Crippen molar-refractivity contribution >= 4 is 28.7 Å². The number of fused-ring (bicyclic) bond motifs is 2. The van der Waals surface area contributed by atoms with Gasteiger partial charge in [0.15, 0.2) is 16.6 Å². The first kappa shape index (κ1) is 17.7. The number of rotatable bonds is 4. The van der Waals surface area contributed by atoms with E-state index in [0.717, 1.165) is 0 Å². The number of aliphatic hydroxyl groups excluding tert-OH is 3. The first-order chi connectivity index (χ1) is 13.0. The molecule has 8 nitrogen and oxygen atoms in total. The van der Waals surface area contributed by atoms with E-state index >= 15 is 0 Å². The lowest BCUT2D eigenvalue weighted by atomic mass is 10.0. The van der Waals surface area contributed by atoms with Gasteiger partial charge in [-0.15, -0.1) is 0 Å². The first-order valence-corrected chi connectivity index (χ1v) is 10.6. The van der Waals surface area contributed by atoms with E-state index in [2.05, 4.69) is 9.97 Å². The summed E-state index contributed by atoms with van der Waals surface area (Å²) in [4.78, 5) is 13.5. The molecule has 0 amide bonds. The second-order valence-corrected chi connectivity index (χ2v) is 9.49. The molecule has 2 heterocycles. The maximum absolute atomic E-state index is 10.6. The Balaban J connectivity index is 1.50. The molecule has 3 saturated carbocycles. The topological polar surface area (TPSA) is 130 Å². The van der Waals surface area contributed by atoms with Crippen molar-refractivity contribution in [1.29, 1.82) is 0 Å². The molecule has 3 aliphatic rings. The van der Waals surface area contributed by atoms with Crippen LogP contribution in [0.15, 0.2) is 11.5 Å². The molecule has 2 aromatic rings. The molecule has 3 fully saturated rings. The Kier molecular flexibility index (Phi) is 4.12. The highest BCUT2D eigenvalue weighted by molar-refractivity contribution is 7.99. The summed E-state index contributed by atoms with van der Waals surface area (Å²) in [6, 6.07) is -0.362. The highest BCUT2D eigenvalue weighted by atomic mass is 32.2. The third kappa shape index (κ3) is 2.59. The van der Waals surface area contributed by atoms with Crippen molar-refractivity contribution < 1.29 is 15.3 Å². The Labute approximate surface area is 161 Å². The van der Waals surface area contributed by atoms with Gasteiger partial charge in [0.2, 0.25) is 0 Å². The van der Waals surface area contributed by atoms with Crippen LogP contribution in [0.1, 0.15) is 44.6 Å². The van der Waals surface area contributed by atoms with E-state index in [9.17, 15) is 15.3 Å². The lowest BCUT2D eigenvalue weighted by Gasteiger charge is -2.23. The van der Waals surface area contributed by atoms with Crippen molar-refractivity contribution in [2.24, 2.45) is 11.3 Å². The third-order valence-corrected chi connectivity index (χ3v) is 7.92. The lowest BCUT2D eigenvalue weighted by Crippen LogP contribution is -2.35. The number of nitrogens with zero attached hydrogens (tertiary/aromatic N) is 4. The monoisotopic (exact) mass is 391 g/mol. The average Bonchev–Trinajstić information content (AvgIpc) is 3.19.